The van der Waals surface area contributed by atoms with Gasteiger partial charge in [-0.25, -0.2) is 4.79 Å². The number of amides is 2. The first kappa shape index (κ1) is 16.3. The molecule has 6 nitrogen and oxygen atoms in total. The van der Waals surface area contributed by atoms with Gasteiger partial charge in [-0.2, -0.15) is 5.10 Å². The van der Waals surface area contributed by atoms with Gasteiger partial charge in [0.25, 0.3) is 0 Å². The second-order valence-electron chi connectivity index (χ2n) is 7.01. The van der Waals surface area contributed by atoms with Gasteiger partial charge in [0, 0.05) is 39.0 Å². The first-order valence-electron chi connectivity index (χ1n) is 8.71. The van der Waals surface area contributed by atoms with Crippen LogP contribution in [0.15, 0.2) is 12.4 Å². The zero-order valence-corrected chi connectivity index (χ0v) is 14.2. The Kier molecular flexibility index (Phi) is 5.20. The van der Waals surface area contributed by atoms with E-state index < -0.39 is 0 Å². The van der Waals surface area contributed by atoms with Crippen molar-refractivity contribution in [2.45, 2.75) is 51.1 Å². The third-order valence-electron chi connectivity index (χ3n) is 5.13. The maximum atomic E-state index is 12.5. The fraction of sp³-hybridized carbons (Fsp3) is 0.765. The summed E-state index contributed by atoms with van der Waals surface area (Å²) in [4.78, 5) is 14.4. The van der Waals surface area contributed by atoms with E-state index in [1.165, 1.54) is 5.56 Å². The smallest absolute Gasteiger partial charge is 0.317 e. The van der Waals surface area contributed by atoms with E-state index in [4.69, 9.17) is 4.74 Å². The topological polar surface area (TPSA) is 59.4 Å². The molecule has 2 heterocycles. The van der Waals surface area contributed by atoms with Crippen molar-refractivity contribution in [3.63, 3.8) is 0 Å². The molecule has 128 valence electrons. The molecule has 1 aliphatic heterocycles. The lowest BCUT2D eigenvalue weighted by molar-refractivity contribution is 0.123. The summed E-state index contributed by atoms with van der Waals surface area (Å²) >= 11 is 0. The normalized spacial score (nSPS) is 28.1. The van der Waals surface area contributed by atoms with E-state index in [0.717, 1.165) is 51.8 Å². The van der Waals surface area contributed by atoms with Gasteiger partial charge in [0.1, 0.15) is 0 Å². The van der Waals surface area contributed by atoms with Crippen LogP contribution in [0.25, 0.3) is 0 Å². The molecule has 1 saturated heterocycles. The second-order valence-corrected chi connectivity index (χ2v) is 7.01. The van der Waals surface area contributed by atoms with Gasteiger partial charge >= 0.3 is 6.03 Å². The van der Waals surface area contributed by atoms with Crippen LogP contribution in [0.1, 0.15) is 43.7 Å². The molecule has 6 heteroatoms. The van der Waals surface area contributed by atoms with Gasteiger partial charge in [-0.3, -0.25) is 4.68 Å². The lowest BCUT2D eigenvalue weighted by Crippen LogP contribution is -2.45. The number of nitrogens with one attached hydrogen (secondary N) is 1. The van der Waals surface area contributed by atoms with Gasteiger partial charge in [-0.1, -0.05) is 0 Å². The predicted octanol–water partition coefficient (Wildman–Crippen LogP) is 2.35. The van der Waals surface area contributed by atoms with Crippen molar-refractivity contribution in [3.05, 3.63) is 18.0 Å². The molecular weight excluding hydrogens is 292 g/mol. The van der Waals surface area contributed by atoms with Crippen molar-refractivity contribution < 1.29 is 9.53 Å². The number of rotatable bonds is 4. The Morgan fingerprint density at radius 3 is 2.78 bits per heavy atom. The van der Waals surface area contributed by atoms with Gasteiger partial charge in [0.15, 0.2) is 0 Å². The molecule has 0 bridgehead atoms. The molecule has 0 spiro atoms. The molecule has 1 unspecified atom stereocenters. The van der Waals surface area contributed by atoms with E-state index in [1.54, 1.807) is 7.11 Å². The van der Waals surface area contributed by atoms with Crippen LogP contribution < -0.4 is 5.32 Å². The highest BCUT2D eigenvalue weighted by Gasteiger charge is 2.30. The Labute approximate surface area is 138 Å². The molecule has 1 saturated carbocycles. The first-order chi connectivity index (χ1) is 11.2. The zero-order chi connectivity index (χ0) is 16.2. The fourth-order valence-electron chi connectivity index (χ4n) is 3.75. The number of methoxy groups -OCH3 is 1. The lowest BCUT2D eigenvalue weighted by Gasteiger charge is -2.30. The van der Waals surface area contributed by atoms with E-state index in [2.05, 4.69) is 16.6 Å². The minimum Gasteiger partial charge on any atom is -0.384 e. The number of urea groups is 1. The summed E-state index contributed by atoms with van der Waals surface area (Å²) in [6.45, 7) is 4.46. The van der Waals surface area contributed by atoms with Crippen molar-refractivity contribution in [1.29, 1.82) is 0 Å². The van der Waals surface area contributed by atoms with E-state index in [9.17, 15) is 4.79 Å². The molecule has 2 aliphatic rings. The SMILES string of the molecule is COCC1CCC(NC(=O)N2CCC(n3cc(C)cn3)C2)CC1. The summed E-state index contributed by atoms with van der Waals surface area (Å²) in [5, 5.41) is 7.60. The van der Waals surface area contributed by atoms with E-state index in [0.29, 0.717) is 18.0 Å². The third-order valence-corrected chi connectivity index (χ3v) is 5.13. The second kappa shape index (κ2) is 7.34. The summed E-state index contributed by atoms with van der Waals surface area (Å²) in [5.41, 5.74) is 1.17. The van der Waals surface area contributed by atoms with Crippen LogP contribution in [0.2, 0.25) is 0 Å². The standard InChI is InChI=1S/C17H28N4O2/c1-13-9-18-21(10-13)16-7-8-20(11-16)17(22)19-15-5-3-14(4-6-15)12-23-2/h9-10,14-16H,3-8,11-12H2,1-2H3,(H,19,22). The highest BCUT2D eigenvalue weighted by molar-refractivity contribution is 5.74. The van der Waals surface area contributed by atoms with E-state index >= 15 is 0 Å². The zero-order valence-electron chi connectivity index (χ0n) is 14.2. The van der Waals surface area contributed by atoms with Crippen LogP contribution in [0.5, 0.6) is 0 Å². The van der Waals surface area contributed by atoms with Crippen molar-refractivity contribution in [3.8, 4) is 0 Å². The molecule has 1 atom stereocenters. The largest absolute Gasteiger partial charge is 0.384 e. The summed E-state index contributed by atoms with van der Waals surface area (Å²) in [6.07, 6.45) is 9.34. The minimum absolute atomic E-state index is 0.0894. The first-order valence-corrected chi connectivity index (χ1v) is 8.71. The lowest BCUT2D eigenvalue weighted by atomic mass is 9.86. The van der Waals surface area contributed by atoms with E-state index in [1.807, 2.05) is 22.7 Å². The number of carbonyl (C=O) groups is 1. The molecule has 1 aromatic rings. The number of hydrogen-bond donors (Lipinski definition) is 1. The molecule has 0 aromatic carbocycles. The Bertz CT molecular complexity index is 522. The van der Waals surface area contributed by atoms with Crippen molar-refractivity contribution in [1.82, 2.24) is 20.0 Å². The molecule has 1 aromatic heterocycles. The Morgan fingerprint density at radius 1 is 1.35 bits per heavy atom. The fourth-order valence-corrected chi connectivity index (χ4v) is 3.75. The maximum Gasteiger partial charge on any atom is 0.317 e. The van der Waals surface area contributed by atoms with Crippen LogP contribution in [0, 0.1) is 12.8 Å². The number of nitrogens with zero attached hydrogens (tertiary/aromatic N) is 3. The summed E-state index contributed by atoms with van der Waals surface area (Å²) in [7, 11) is 1.76. The number of hydrogen-bond acceptors (Lipinski definition) is 3. The molecule has 2 fully saturated rings. The van der Waals surface area contributed by atoms with Crippen molar-refractivity contribution in [2.24, 2.45) is 5.92 Å². The molecule has 23 heavy (non-hydrogen) atoms. The average molecular weight is 320 g/mol. The molecular formula is C17H28N4O2. The van der Waals surface area contributed by atoms with Crippen LogP contribution in [0.4, 0.5) is 4.79 Å². The third kappa shape index (κ3) is 4.05. The maximum absolute atomic E-state index is 12.5. The number of likely N-dealkylation sites (tertiary alicyclic amines) is 1. The number of aromatic nitrogens is 2. The van der Waals surface area contributed by atoms with E-state index in [-0.39, 0.29) is 6.03 Å². The Hall–Kier alpha value is -1.56. The summed E-state index contributed by atoms with van der Waals surface area (Å²) in [6, 6.07) is 0.722. The van der Waals surface area contributed by atoms with Crippen molar-refractivity contribution >= 4 is 6.03 Å². The molecule has 2 amide bonds. The monoisotopic (exact) mass is 320 g/mol. The van der Waals surface area contributed by atoms with Gasteiger partial charge in [0.2, 0.25) is 0 Å². The van der Waals surface area contributed by atoms with Crippen molar-refractivity contribution in [2.75, 3.05) is 26.8 Å². The van der Waals surface area contributed by atoms with Crippen LogP contribution in [-0.4, -0.2) is 53.6 Å². The number of ether oxygens (including phenoxy) is 1. The number of carbonyl (C=O) groups excluding carboxylic acids is 1. The minimum atomic E-state index is 0.0894. The molecule has 1 N–H and O–H groups in total. The number of aryl methyl sites for hydroxylation is 1. The van der Waals surface area contributed by atoms with Gasteiger partial charge < -0.3 is 15.0 Å². The Balaban J connectivity index is 1.45. The highest BCUT2D eigenvalue weighted by Crippen LogP contribution is 2.25. The van der Waals surface area contributed by atoms with Gasteiger partial charge in [-0.15, -0.1) is 0 Å². The van der Waals surface area contributed by atoms with Crippen LogP contribution in [-0.2, 0) is 4.74 Å². The summed E-state index contributed by atoms with van der Waals surface area (Å²) in [5.74, 6) is 0.660. The molecule has 0 radical (unpaired) electrons. The van der Waals surface area contributed by atoms with Gasteiger partial charge in [-0.05, 0) is 50.5 Å². The quantitative estimate of drug-likeness (QED) is 0.926. The van der Waals surface area contributed by atoms with Crippen LogP contribution >= 0.6 is 0 Å². The molecule has 1 aliphatic carbocycles. The van der Waals surface area contributed by atoms with Crippen LogP contribution in [0.3, 0.4) is 0 Å². The predicted molar refractivity (Wildman–Crippen MR) is 88.3 cm³/mol. The van der Waals surface area contributed by atoms with Gasteiger partial charge in [0.05, 0.1) is 12.2 Å². The average Bonchev–Trinajstić information content (AvgIpc) is 3.18. The molecule has 3 rings (SSSR count). The summed E-state index contributed by atoms with van der Waals surface area (Å²) < 4.78 is 7.23. The Morgan fingerprint density at radius 2 is 2.13 bits per heavy atom. The highest BCUT2D eigenvalue weighted by atomic mass is 16.5.